The van der Waals surface area contributed by atoms with E-state index in [0.29, 0.717) is 11.5 Å². The van der Waals surface area contributed by atoms with Gasteiger partial charge in [-0.3, -0.25) is 4.79 Å². The molecule has 3 heteroatoms. The average Bonchev–Trinajstić information content (AvgIpc) is 2.60. The molecule has 1 amide bonds. The van der Waals surface area contributed by atoms with Gasteiger partial charge in [0, 0.05) is 23.8 Å². The van der Waals surface area contributed by atoms with E-state index in [1.807, 2.05) is 12.1 Å². The third-order valence-electron chi connectivity index (χ3n) is 2.62. The molecule has 0 unspecified atom stereocenters. The van der Waals surface area contributed by atoms with Crippen LogP contribution in [0.25, 0.3) is 10.9 Å². The fourth-order valence-electron chi connectivity index (χ4n) is 1.89. The van der Waals surface area contributed by atoms with Crippen molar-refractivity contribution in [2.45, 2.75) is 20.4 Å². The number of aromatic nitrogens is 1. The molecule has 0 radical (unpaired) electrons. The van der Waals surface area contributed by atoms with Crippen molar-refractivity contribution in [1.82, 2.24) is 4.57 Å². The Morgan fingerprint density at radius 1 is 1.38 bits per heavy atom. The molecule has 2 aromatic rings. The first-order valence-electron chi connectivity index (χ1n) is 5.46. The maximum atomic E-state index is 11.1. The minimum atomic E-state index is -0.376. The van der Waals surface area contributed by atoms with Crippen molar-refractivity contribution >= 4 is 16.8 Å². The zero-order valence-corrected chi connectivity index (χ0v) is 9.60. The molecule has 0 aliphatic heterocycles. The second kappa shape index (κ2) is 4.00. The number of carbonyl (C=O) groups excluding carboxylic acids is 1. The topological polar surface area (TPSA) is 48.0 Å². The number of nitrogens with zero attached hydrogens (tertiary/aromatic N) is 1. The molecule has 1 heterocycles. The lowest BCUT2D eigenvalue weighted by Gasteiger charge is -2.08. The third-order valence-corrected chi connectivity index (χ3v) is 2.62. The fraction of sp³-hybridized carbons (Fsp3) is 0.308. The van der Waals surface area contributed by atoms with Crippen LogP contribution in [0.15, 0.2) is 30.5 Å². The summed E-state index contributed by atoms with van der Waals surface area (Å²) in [5, 5.41) is 1.14. The number of primary amides is 1. The Morgan fingerprint density at radius 3 is 2.75 bits per heavy atom. The van der Waals surface area contributed by atoms with Crippen molar-refractivity contribution in [2.24, 2.45) is 11.7 Å². The van der Waals surface area contributed by atoms with Gasteiger partial charge in [-0.15, -0.1) is 0 Å². The normalized spacial score (nSPS) is 11.2. The van der Waals surface area contributed by atoms with Crippen LogP contribution in [-0.4, -0.2) is 10.5 Å². The molecule has 84 valence electrons. The molecule has 16 heavy (non-hydrogen) atoms. The number of rotatable bonds is 3. The molecule has 2 N–H and O–H groups in total. The zero-order valence-electron chi connectivity index (χ0n) is 9.60. The molecule has 0 saturated carbocycles. The smallest absolute Gasteiger partial charge is 0.248 e. The lowest BCUT2D eigenvalue weighted by atomic mass is 10.1. The van der Waals surface area contributed by atoms with E-state index < -0.39 is 0 Å². The minimum Gasteiger partial charge on any atom is -0.366 e. The molecule has 1 aromatic heterocycles. The summed E-state index contributed by atoms with van der Waals surface area (Å²) in [7, 11) is 0. The van der Waals surface area contributed by atoms with Gasteiger partial charge in [0.05, 0.1) is 0 Å². The van der Waals surface area contributed by atoms with Crippen LogP contribution >= 0.6 is 0 Å². The van der Waals surface area contributed by atoms with Gasteiger partial charge in [-0.1, -0.05) is 19.9 Å². The highest BCUT2D eigenvalue weighted by atomic mass is 16.1. The van der Waals surface area contributed by atoms with Gasteiger partial charge in [0.1, 0.15) is 0 Å². The van der Waals surface area contributed by atoms with Gasteiger partial charge in [0.2, 0.25) is 5.91 Å². The molecule has 0 aliphatic rings. The number of carbonyl (C=O) groups is 1. The van der Waals surface area contributed by atoms with E-state index in [4.69, 9.17) is 5.73 Å². The standard InChI is InChI=1S/C13H16N2O/c1-9(2)8-15-6-5-10-3-4-11(13(14)16)7-12(10)15/h3-7,9H,8H2,1-2H3,(H2,14,16). The van der Waals surface area contributed by atoms with Crippen LogP contribution in [0.2, 0.25) is 0 Å². The summed E-state index contributed by atoms with van der Waals surface area (Å²) in [6.45, 7) is 5.29. The Hall–Kier alpha value is -1.77. The Bertz CT molecular complexity index is 526. The monoisotopic (exact) mass is 216 g/mol. The molecule has 3 nitrogen and oxygen atoms in total. The molecule has 0 fully saturated rings. The number of benzene rings is 1. The number of hydrogen-bond acceptors (Lipinski definition) is 1. The molecule has 0 aliphatic carbocycles. The van der Waals surface area contributed by atoms with Gasteiger partial charge in [0.25, 0.3) is 0 Å². The molecule has 0 spiro atoms. The summed E-state index contributed by atoms with van der Waals surface area (Å²) in [5.41, 5.74) is 6.92. The molecule has 1 aromatic carbocycles. The summed E-state index contributed by atoms with van der Waals surface area (Å²) < 4.78 is 2.16. The lowest BCUT2D eigenvalue weighted by Crippen LogP contribution is -2.11. The van der Waals surface area contributed by atoms with E-state index >= 15 is 0 Å². The predicted octanol–water partition coefficient (Wildman–Crippen LogP) is 2.40. The second-order valence-corrected chi connectivity index (χ2v) is 4.50. The van der Waals surface area contributed by atoms with Gasteiger partial charge >= 0.3 is 0 Å². The van der Waals surface area contributed by atoms with Crippen molar-refractivity contribution in [2.75, 3.05) is 0 Å². The Morgan fingerprint density at radius 2 is 2.12 bits per heavy atom. The summed E-state index contributed by atoms with van der Waals surface area (Å²) >= 11 is 0. The largest absolute Gasteiger partial charge is 0.366 e. The van der Waals surface area contributed by atoms with Gasteiger partial charge in [0.15, 0.2) is 0 Å². The van der Waals surface area contributed by atoms with Crippen LogP contribution in [0, 0.1) is 5.92 Å². The lowest BCUT2D eigenvalue weighted by molar-refractivity contribution is 0.100. The van der Waals surface area contributed by atoms with E-state index in [1.54, 1.807) is 6.07 Å². The number of hydrogen-bond donors (Lipinski definition) is 1. The van der Waals surface area contributed by atoms with Crippen LogP contribution in [0.5, 0.6) is 0 Å². The van der Waals surface area contributed by atoms with Crippen molar-refractivity contribution < 1.29 is 4.79 Å². The van der Waals surface area contributed by atoms with Crippen molar-refractivity contribution in [1.29, 1.82) is 0 Å². The van der Waals surface area contributed by atoms with Crippen molar-refractivity contribution in [3.8, 4) is 0 Å². The highest BCUT2D eigenvalue weighted by Crippen LogP contribution is 2.18. The maximum absolute atomic E-state index is 11.1. The summed E-state index contributed by atoms with van der Waals surface area (Å²) in [5.74, 6) is 0.201. The van der Waals surface area contributed by atoms with Gasteiger partial charge in [-0.25, -0.2) is 0 Å². The van der Waals surface area contributed by atoms with Crippen molar-refractivity contribution in [3.05, 3.63) is 36.0 Å². The fourth-order valence-corrected chi connectivity index (χ4v) is 1.89. The maximum Gasteiger partial charge on any atom is 0.248 e. The van der Waals surface area contributed by atoms with E-state index in [0.717, 1.165) is 17.4 Å². The van der Waals surface area contributed by atoms with Crippen molar-refractivity contribution in [3.63, 3.8) is 0 Å². The SMILES string of the molecule is CC(C)Cn1ccc2ccc(C(N)=O)cc21. The zero-order chi connectivity index (χ0) is 11.7. The molecule has 2 rings (SSSR count). The van der Waals surface area contributed by atoms with E-state index in [2.05, 4.69) is 30.7 Å². The first kappa shape index (κ1) is 10.7. The molecule has 0 saturated heterocycles. The second-order valence-electron chi connectivity index (χ2n) is 4.50. The summed E-state index contributed by atoms with van der Waals surface area (Å²) in [4.78, 5) is 11.1. The predicted molar refractivity (Wildman–Crippen MR) is 65.3 cm³/mol. The average molecular weight is 216 g/mol. The number of fused-ring (bicyclic) bond motifs is 1. The van der Waals surface area contributed by atoms with Gasteiger partial charge in [-0.05, 0) is 29.5 Å². The molecule has 0 atom stereocenters. The highest BCUT2D eigenvalue weighted by Gasteiger charge is 2.06. The first-order valence-corrected chi connectivity index (χ1v) is 5.46. The first-order chi connectivity index (χ1) is 7.58. The Kier molecular flexibility index (Phi) is 2.69. The summed E-state index contributed by atoms with van der Waals surface area (Å²) in [6.07, 6.45) is 2.05. The van der Waals surface area contributed by atoms with E-state index in [-0.39, 0.29) is 5.91 Å². The van der Waals surface area contributed by atoms with E-state index in [9.17, 15) is 4.79 Å². The molecule has 0 bridgehead atoms. The number of amides is 1. The summed E-state index contributed by atoms with van der Waals surface area (Å²) in [6, 6.07) is 7.62. The Labute approximate surface area is 94.9 Å². The highest BCUT2D eigenvalue weighted by molar-refractivity contribution is 5.96. The third kappa shape index (κ3) is 1.94. The Balaban J connectivity index is 2.51. The van der Waals surface area contributed by atoms with Crippen LogP contribution in [0.3, 0.4) is 0 Å². The van der Waals surface area contributed by atoms with Crippen LogP contribution in [-0.2, 0) is 6.54 Å². The van der Waals surface area contributed by atoms with Gasteiger partial charge < -0.3 is 10.3 Å². The minimum absolute atomic E-state index is 0.376. The van der Waals surface area contributed by atoms with E-state index in [1.165, 1.54) is 0 Å². The van der Waals surface area contributed by atoms with Gasteiger partial charge in [-0.2, -0.15) is 0 Å². The molecular formula is C13H16N2O. The van der Waals surface area contributed by atoms with Crippen LogP contribution in [0.1, 0.15) is 24.2 Å². The van der Waals surface area contributed by atoms with Crippen LogP contribution < -0.4 is 5.73 Å². The molecular weight excluding hydrogens is 200 g/mol. The van der Waals surface area contributed by atoms with Crippen LogP contribution in [0.4, 0.5) is 0 Å². The quantitative estimate of drug-likeness (QED) is 0.841. The number of nitrogens with two attached hydrogens (primary N) is 1.